The molecule has 1 aliphatic rings. The van der Waals surface area contributed by atoms with Crippen LogP contribution in [0.5, 0.6) is 0 Å². The van der Waals surface area contributed by atoms with Crippen molar-refractivity contribution in [3.63, 3.8) is 0 Å². The van der Waals surface area contributed by atoms with E-state index in [9.17, 15) is 4.79 Å². The van der Waals surface area contributed by atoms with Gasteiger partial charge in [0, 0.05) is 31.4 Å². The third-order valence-corrected chi connectivity index (χ3v) is 3.60. The molecule has 3 rings (SSSR count). The van der Waals surface area contributed by atoms with E-state index >= 15 is 0 Å². The predicted molar refractivity (Wildman–Crippen MR) is 80.6 cm³/mol. The number of urea groups is 1. The van der Waals surface area contributed by atoms with Crippen LogP contribution in [-0.4, -0.2) is 45.9 Å². The number of nitrogens with zero attached hydrogens (tertiary/aromatic N) is 4. The van der Waals surface area contributed by atoms with Gasteiger partial charge in [0.2, 0.25) is 0 Å². The molecule has 1 aromatic heterocycles. The van der Waals surface area contributed by atoms with Crippen LogP contribution < -0.4 is 0 Å². The second-order valence-corrected chi connectivity index (χ2v) is 5.30. The summed E-state index contributed by atoms with van der Waals surface area (Å²) in [6.07, 6.45) is 0. The summed E-state index contributed by atoms with van der Waals surface area (Å²) in [7, 11) is 1.81. The fourth-order valence-corrected chi connectivity index (χ4v) is 2.48. The van der Waals surface area contributed by atoms with Crippen LogP contribution in [0, 0.1) is 6.92 Å². The van der Waals surface area contributed by atoms with Gasteiger partial charge in [0.25, 0.3) is 0 Å². The Morgan fingerprint density at radius 3 is 2.57 bits per heavy atom. The zero-order valence-electron chi connectivity index (χ0n) is 12.3. The number of rotatable bonds is 3. The van der Waals surface area contributed by atoms with Crippen LogP contribution in [0.1, 0.15) is 11.5 Å². The lowest BCUT2D eigenvalue weighted by Crippen LogP contribution is -2.29. The molecule has 108 valence electrons. The standard InChI is InChI=1S/C16H18N4O/c1-12-10-14(13-6-4-3-5-7-13)18-15(17-12)11-20-9-8-19(2)16(20)21/h3-7,10H,8-9,11H2,1-2H3. The molecule has 5 heteroatoms. The number of carbonyl (C=O) groups excluding carboxylic acids is 1. The summed E-state index contributed by atoms with van der Waals surface area (Å²) < 4.78 is 0. The quantitative estimate of drug-likeness (QED) is 0.868. The highest BCUT2D eigenvalue weighted by Crippen LogP contribution is 2.18. The molecule has 0 saturated carbocycles. The van der Waals surface area contributed by atoms with Crippen LogP contribution in [0.15, 0.2) is 36.4 Å². The third-order valence-electron chi connectivity index (χ3n) is 3.60. The normalized spacial score (nSPS) is 14.9. The van der Waals surface area contributed by atoms with Gasteiger partial charge in [0.1, 0.15) is 5.82 Å². The van der Waals surface area contributed by atoms with Gasteiger partial charge in [-0.15, -0.1) is 0 Å². The summed E-state index contributed by atoms with van der Waals surface area (Å²) in [6, 6.07) is 12.0. The summed E-state index contributed by atoms with van der Waals surface area (Å²) in [5, 5.41) is 0. The van der Waals surface area contributed by atoms with E-state index in [0.717, 1.165) is 30.0 Å². The molecule has 0 unspecified atom stereocenters. The first-order valence-electron chi connectivity index (χ1n) is 7.03. The van der Waals surface area contributed by atoms with E-state index in [1.165, 1.54) is 0 Å². The largest absolute Gasteiger partial charge is 0.326 e. The fourth-order valence-electron chi connectivity index (χ4n) is 2.48. The lowest BCUT2D eigenvalue weighted by Gasteiger charge is -2.15. The van der Waals surface area contributed by atoms with Crippen molar-refractivity contribution in [2.45, 2.75) is 13.5 Å². The minimum Gasteiger partial charge on any atom is -0.326 e. The van der Waals surface area contributed by atoms with Crippen molar-refractivity contribution in [2.24, 2.45) is 0 Å². The van der Waals surface area contributed by atoms with Crippen molar-refractivity contribution in [1.29, 1.82) is 0 Å². The van der Waals surface area contributed by atoms with Gasteiger partial charge < -0.3 is 9.80 Å². The van der Waals surface area contributed by atoms with E-state index in [-0.39, 0.29) is 6.03 Å². The number of aryl methyl sites for hydroxylation is 1. The Bertz CT molecular complexity index is 657. The SMILES string of the molecule is Cc1cc(-c2ccccc2)nc(CN2CCN(C)C2=O)n1. The maximum Gasteiger partial charge on any atom is 0.320 e. The minimum absolute atomic E-state index is 0.0429. The molecule has 2 heterocycles. The average molecular weight is 282 g/mol. The van der Waals surface area contributed by atoms with Crippen LogP contribution in [0.25, 0.3) is 11.3 Å². The second kappa shape index (κ2) is 5.52. The third kappa shape index (κ3) is 2.86. The Hall–Kier alpha value is -2.43. The molecule has 0 spiro atoms. The van der Waals surface area contributed by atoms with E-state index < -0.39 is 0 Å². The molecule has 1 aromatic carbocycles. The highest BCUT2D eigenvalue weighted by molar-refractivity contribution is 5.76. The van der Waals surface area contributed by atoms with Crippen LogP contribution in [0.3, 0.4) is 0 Å². The van der Waals surface area contributed by atoms with Crippen molar-refractivity contribution >= 4 is 6.03 Å². The Morgan fingerprint density at radius 2 is 1.90 bits per heavy atom. The number of hydrogen-bond donors (Lipinski definition) is 0. The molecule has 5 nitrogen and oxygen atoms in total. The number of likely N-dealkylation sites (N-methyl/N-ethyl adjacent to an activating group) is 1. The molecule has 21 heavy (non-hydrogen) atoms. The first-order valence-corrected chi connectivity index (χ1v) is 7.03. The summed E-state index contributed by atoms with van der Waals surface area (Å²) in [4.78, 5) is 24.5. The summed E-state index contributed by atoms with van der Waals surface area (Å²) in [5.41, 5.74) is 2.88. The molecule has 0 bridgehead atoms. The van der Waals surface area contributed by atoms with Gasteiger partial charge in [0.15, 0.2) is 0 Å². The van der Waals surface area contributed by atoms with Crippen molar-refractivity contribution in [3.05, 3.63) is 47.9 Å². The summed E-state index contributed by atoms with van der Waals surface area (Å²) >= 11 is 0. The highest BCUT2D eigenvalue weighted by Gasteiger charge is 2.26. The molecule has 0 N–H and O–H groups in total. The van der Waals surface area contributed by atoms with Gasteiger partial charge in [-0.1, -0.05) is 30.3 Å². The van der Waals surface area contributed by atoms with Crippen molar-refractivity contribution in [3.8, 4) is 11.3 Å². The van der Waals surface area contributed by atoms with Crippen LogP contribution in [0.2, 0.25) is 0 Å². The molecule has 0 aliphatic carbocycles. The van der Waals surface area contributed by atoms with Crippen molar-refractivity contribution < 1.29 is 4.79 Å². The van der Waals surface area contributed by atoms with Gasteiger partial charge >= 0.3 is 6.03 Å². The zero-order valence-corrected chi connectivity index (χ0v) is 12.3. The van der Waals surface area contributed by atoms with Gasteiger partial charge in [-0.05, 0) is 13.0 Å². The molecular formula is C16H18N4O. The smallest absolute Gasteiger partial charge is 0.320 e. The Labute approximate surface area is 124 Å². The van der Waals surface area contributed by atoms with Crippen LogP contribution in [0.4, 0.5) is 4.79 Å². The molecule has 2 amide bonds. The van der Waals surface area contributed by atoms with Crippen LogP contribution >= 0.6 is 0 Å². The van der Waals surface area contributed by atoms with Crippen molar-refractivity contribution in [2.75, 3.05) is 20.1 Å². The van der Waals surface area contributed by atoms with E-state index in [1.54, 1.807) is 9.80 Å². The Balaban J connectivity index is 1.87. The molecule has 0 atom stereocenters. The Morgan fingerprint density at radius 1 is 1.14 bits per heavy atom. The van der Waals surface area contributed by atoms with Crippen molar-refractivity contribution in [1.82, 2.24) is 19.8 Å². The van der Waals surface area contributed by atoms with Crippen LogP contribution in [-0.2, 0) is 6.54 Å². The lowest BCUT2D eigenvalue weighted by molar-refractivity contribution is 0.196. The van der Waals surface area contributed by atoms with Gasteiger partial charge in [-0.25, -0.2) is 14.8 Å². The van der Waals surface area contributed by atoms with Gasteiger partial charge in [-0.3, -0.25) is 0 Å². The average Bonchev–Trinajstić information content (AvgIpc) is 2.80. The molecule has 1 saturated heterocycles. The molecule has 2 aromatic rings. The maximum atomic E-state index is 11.9. The van der Waals surface area contributed by atoms with E-state index in [4.69, 9.17) is 0 Å². The highest BCUT2D eigenvalue weighted by atomic mass is 16.2. The topological polar surface area (TPSA) is 49.3 Å². The predicted octanol–water partition coefficient (Wildman–Crippen LogP) is 2.32. The van der Waals surface area contributed by atoms with E-state index in [2.05, 4.69) is 9.97 Å². The number of aromatic nitrogens is 2. The van der Waals surface area contributed by atoms with E-state index in [1.807, 2.05) is 50.4 Å². The number of amides is 2. The first kappa shape index (κ1) is 13.5. The molecular weight excluding hydrogens is 264 g/mol. The number of hydrogen-bond acceptors (Lipinski definition) is 3. The fraction of sp³-hybridized carbons (Fsp3) is 0.312. The molecule has 0 radical (unpaired) electrons. The van der Waals surface area contributed by atoms with Gasteiger partial charge in [-0.2, -0.15) is 0 Å². The van der Waals surface area contributed by atoms with Gasteiger partial charge in [0.05, 0.1) is 12.2 Å². The maximum absolute atomic E-state index is 11.9. The lowest BCUT2D eigenvalue weighted by atomic mass is 10.1. The molecule has 1 fully saturated rings. The Kier molecular flexibility index (Phi) is 3.56. The second-order valence-electron chi connectivity index (χ2n) is 5.30. The molecule has 1 aliphatic heterocycles. The monoisotopic (exact) mass is 282 g/mol. The minimum atomic E-state index is 0.0429. The van der Waals surface area contributed by atoms with E-state index in [0.29, 0.717) is 12.4 Å². The number of carbonyl (C=O) groups is 1. The first-order chi connectivity index (χ1) is 10.1. The summed E-state index contributed by atoms with van der Waals surface area (Å²) in [6.45, 7) is 3.91. The number of benzene rings is 1. The zero-order chi connectivity index (χ0) is 14.8. The summed E-state index contributed by atoms with van der Waals surface area (Å²) in [5.74, 6) is 0.692.